The first-order valence-electron chi connectivity index (χ1n) is 3.93. The lowest BCUT2D eigenvalue weighted by Gasteiger charge is -2.15. The van der Waals surface area contributed by atoms with Crippen LogP contribution in [-0.2, 0) is 4.79 Å². The summed E-state index contributed by atoms with van der Waals surface area (Å²) in [6.07, 6.45) is -3.07. The summed E-state index contributed by atoms with van der Waals surface area (Å²) in [6.45, 7) is 0. The van der Waals surface area contributed by atoms with Gasteiger partial charge in [0.05, 0.1) is 6.20 Å². The molecule has 6 nitrogen and oxygen atoms in total. The lowest BCUT2D eigenvalue weighted by Crippen LogP contribution is -2.28. The van der Waals surface area contributed by atoms with E-state index in [-0.39, 0.29) is 11.4 Å². The molecule has 0 aromatic carbocycles. The number of nitrogen functional groups attached to an aromatic ring is 1. The van der Waals surface area contributed by atoms with Gasteiger partial charge in [-0.15, -0.1) is 0 Å². The highest BCUT2D eigenvalue weighted by molar-refractivity contribution is 5.73. The number of hydrogen-bond donors (Lipinski definition) is 4. The fourth-order valence-corrected chi connectivity index (χ4v) is 1.01. The summed E-state index contributed by atoms with van der Waals surface area (Å²) in [6, 6.07) is 0.819. The summed E-state index contributed by atoms with van der Waals surface area (Å²) in [5.41, 5.74) is 5.03. The number of carboxylic acid groups (broad SMARTS) is 1. The van der Waals surface area contributed by atoms with Crippen molar-refractivity contribution in [1.29, 1.82) is 0 Å². The Morgan fingerprint density at radius 3 is 2.67 bits per heavy atom. The molecule has 1 aromatic heterocycles. The van der Waals surface area contributed by atoms with Gasteiger partial charge in [-0.2, -0.15) is 0 Å². The predicted molar refractivity (Wildman–Crippen MR) is 47.2 cm³/mol. The van der Waals surface area contributed by atoms with Crippen LogP contribution < -0.4 is 5.73 Å². The summed E-state index contributed by atoms with van der Waals surface area (Å²) in [5.74, 6) is -2.65. The zero-order valence-electron chi connectivity index (χ0n) is 7.46. The van der Waals surface area contributed by atoms with Crippen LogP contribution in [-0.4, -0.2) is 32.4 Å². The molecule has 0 fully saturated rings. The average Bonchev–Trinajstić information content (AvgIpc) is 2.19. The van der Waals surface area contributed by atoms with Crippen LogP contribution in [0.3, 0.4) is 0 Å². The van der Waals surface area contributed by atoms with Gasteiger partial charge in [-0.05, 0) is 6.07 Å². The standard InChI is InChI=1S/C8H9FN2O4/c9-3-1-4(7(10)11-2-3)5(12)6(13)8(14)15/h1-2,5-6,12-13H,(H2,10,11)(H,14,15). The molecule has 0 saturated carbocycles. The Labute approximate surface area is 83.8 Å². The van der Waals surface area contributed by atoms with E-state index in [4.69, 9.17) is 15.9 Å². The number of carboxylic acids is 1. The second kappa shape index (κ2) is 4.20. The molecule has 0 amide bonds. The Morgan fingerprint density at radius 1 is 1.53 bits per heavy atom. The van der Waals surface area contributed by atoms with E-state index in [1.165, 1.54) is 0 Å². The molecule has 2 atom stereocenters. The maximum absolute atomic E-state index is 12.7. The van der Waals surface area contributed by atoms with Crippen LogP contribution in [0.25, 0.3) is 0 Å². The number of anilines is 1. The van der Waals surface area contributed by atoms with Gasteiger partial charge in [0, 0.05) is 5.56 Å². The van der Waals surface area contributed by atoms with Crippen molar-refractivity contribution in [2.24, 2.45) is 0 Å². The van der Waals surface area contributed by atoms with Crippen molar-refractivity contribution in [3.05, 3.63) is 23.6 Å². The summed E-state index contributed by atoms with van der Waals surface area (Å²) in [7, 11) is 0. The predicted octanol–water partition coefficient (Wildman–Crippen LogP) is -0.718. The minimum absolute atomic E-state index is 0.232. The van der Waals surface area contributed by atoms with E-state index in [1.807, 2.05) is 0 Å². The third kappa shape index (κ3) is 2.39. The summed E-state index contributed by atoms with van der Waals surface area (Å²) >= 11 is 0. The molecule has 1 rings (SSSR count). The second-order valence-electron chi connectivity index (χ2n) is 2.86. The van der Waals surface area contributed by atoms with Gasteiger partial charge in [-0.25, -0.2) is 14.2 Å². The molecule has 0 aliphatic rings. The third-order valence-corrected chi connectivity index (χ3v) is 1.79. The topological polar surface area (TPSA) is 117 Å². The van der Waals surface area contributed by atoms with Crippen LogP contribution in [0.1, 0.15) is 11.7 Å². The molecule has 0 aliphatic carbocycles. The van der Waals surface area contributed by atoms with Gasteiger partial charge in [0.1, 0.15) is 17.7 Å². The highest BCUT2D eigenvalue weighted by Gasteiger charge is 2.27. The molecule has 15 heavy (non-hydrogen) atoms. The molecule has 0 spiro atoms. The van der Waals surface area contributed by atoms with Crippen molar-refractivity contribution >= 4 is 11.8 Å². The van der Waals surface area contributed by atoms with Crippen molar-refractivity contribution in [1.82, 2.24) is 4.98 Å². The number of hydrogen-bond acceptors (Lipinski definition) is 5. The van der Waals surface area contributed by atoms with Gasteiger partial charge >= 0.3 is 5.97 Å². The molecule has 0 saturated heterocycles. The van der Waals surface area contributed by atoms with E-state index in [0.29, 0.717) is 0 Å². The molecule has 0 bridgehead atoms. The van der Waals surface area contributed by atoms with Gasteiger partial charge in [0.2, 0.25) is 0 Å². The van der Waals surface area contributed by atoms with E-state index in [1.54, 1.807) is 0 Å². The zero-order valence-corrected chi connectivity index (χ0v) is 7.46. The molecule has 0 radical (unpaired) electrons. The molecular formula is C8H9FN2O4. The van der Waals surface area contributed by atoms with Gasteiger partial charge in [0.25, 0.3) is 0 Å². The van der Waals surface area contributed by atoms with Crippen molar-refractivity contribution in [3.8, 4) is 0 Å². The number of nitrogens with two attached hydrogens (primary N) is 1. The molecule has 5 N–H and O–H groups in total. The first-order valence-corrected chi connectivity index (χ1v) is 3.93. The van der Waals surface area contributed by atoms with Crippen molar-refractivity contribution in [2.45, 2.75) is 12.2 Å². The minimum Gasteiger partial charge on any atom is -0.479 e. The highest BCUT2D eigenvalue weighted by atomic mass is 19.1. The van der Waals surface area contributed by atoms with Crippen LogP contribution in [0.4, 0.5) is 10.2 Å². The van der Waals surface area contributed by atoms with Crippen molar-refractivity contribution in [3.63, 3.8) is 0 Å². The van der Waals surface area contributed by atoms with Crippen LogP contribution in [0.15, 0.2) is 12.3 Å². The number of aliphatic hydroxyl groups excluding tert-OH is 2. The Morgan fingerprint density at radius 2 is 2.13 bits per heavy atom. The quantitative estimate of drug-likeness (QED) is 0.529. The van der Waals surface area contributed by atoms with E-state index in [2.05, 4.69) is 4.98 Å². The van der Waals surface area contributed by atoms with Crippen LogP contribution in [0.2, 0.25) is 0 Å². The number of pyridine rings is 1. The molecular weight excluding hydrogens is 207 g/mol. The lowest BCUT2D eigenvalue weighted by atomic mass is 10.1. The summed E-state index contributed by atoms with van der Waals surface area (Å²) in [4.78, 5) is 13.7. The van der Waals surface area contributed by atoms with Crippen LogP contribution in [0, 0.1) is 5.82 Å². The average molecular weight is 216 g/mol. The second-order valence-corrected chi connectivity index (χ2v) is 2.86. The van der Waals surface area contributed by atoms with E-state index in [0.717, 1.165) is 12.3 Å². The van der Waals surface area contributed by atoms with Gasteiger partial charge in [-0.3, -0.25) is 0 Å². The Hall–Kier alpha value is -1.73. The number of halogens is 1. The number of aliphatic hydroxyl groups is 2. The molecule has 0 aliphatic heterocycles. The molecule has 82 valence electrons. The third-order valence-electron chi connectivity index (χ3n) is 1.79. The fraction of sp³-hybridized carbons (Fsp3) is 0.250. The summed E-state index contributed by atoms with van der Waals surface area (Å²) in [5, 5.41) is 26.8. The van der Waals surface area contributed by atoms with E-state index >= 15 is 0 Å². The summed E-state index contributed by atoms with van der Waals surface area (Å²) < 4.78 is 12.7. The first kappa shape index (κ1) is 11.3. The highest BCUT2D eigenvalue weighted by Crippen LogP contribution is 2.22. The van der Waals surface area contributed by atoms with E-state index < -0.39 is 24.0 Å². The number of aliphatic carboxylic acids is 1. The van der Waals surface area contributed by atoms with Crippen LogP contribution in [0.5, 0.6) is 0 Å². The smallest absolute Gasteiger partial charge is 0.335 e. The van der Waals surface area contributed by atoms with Crippen molar-refractivity contribution < 1.29 is 24.5 Å². The normalized spacial score (nSPS) is 14.6. The maximum Gasteiger partial charge on any atom is 0.335 e. The SMILES string of the molecule is Nc1ncc(F)cc1C(O)C(O)C(=O)O. The van der Waals surface area contributed by atoms with E-state index in [9.17, 15) is 14.3 Å². The number of rotatable bonds is 3. The van der Waals surface area contributed by atoms with Gasteiger partial charge in [0.15, 0.2) is 6.10 Å². The monoisotopic (exact) mass is 216 g/mol. The largest absolute Gasteiger partial charge is 0.479 e. The van der Waals surface area contributed by atoms with Crippen molar-refractivity contribution in [2.75, 3.05) is 5.73 Å². The number of carbonyl (C=O) groups is 1. The zero-order chi connectivity index (χ0) is 11.6. The molecule has 2 unspecified atom stereocenters. The molecule has 1 aromatic rings. The fourth-order valence-electron chi connectivity index (χ4n) is 1.01. The Balaban J connectivity index is 3.04. The maximum atomic E-state index is 12.7. The minimum atomic E-state index is -2.07. The van der Waals surface area contributed by atoms with Gasteiger partial charge < -0.3 is 21.1 Å². The number of aromatic nitrogens is 1. The first-order chi connectivity index (χ1) is 6.93. The number of nitrogens with zero attached hydrogens (tertiary/aromatic N) is 1. The van der Waals surface area contributed by atoms with Crippen LogP contribution >= 0.6 is 0 Å². The Kier molecular flexibility index (Phi) is 3.17. The molecule has 7 heteroatoms. The lowest BCUT2D eigenvalue weighted by molar-refractivity contribution is -0.153. The Bertz CT molecular complexity index is 385. The van der Waals surface area contributed by atoms with Gasteiger partial charge in [-0.1, -0.05) is 0 Å². The molecule has 1 heterocycles.